The van der Waals surface area contributed by atoms with Crippen LogP contribution >= 0.6 is 7.14 Å². The fourth-order valence-electron chi connectivity index (χ4n) is 0.975. The molecular formula is C9H12O3PS. The van der Waals surface area contributed by atoms with Gasteiger partial charge < -0.3 is 4.57 Å². The molecule has 0 fully saturated rings. The molecule has 0 bridgehead atoms. The van der Waals surface area contributed by atoms with Crippen LogP contribution in [-0.4, -0.2) is 28.0 Å². The first-order valence-electron chi connectivity index (χ1n) is 3.98. The summed E-state index contributed by atoms with van der Waals surface area (Å²) in [7, 11) is -5.66. The molecule has 3 nitrogen and oxygen atoms in total. The van der Waals surface area contributed by atoms with Crippen molar-refractivity contribution in [2.24, 2.45) is 0 Å². The summed E-state index contributed by atoms with van der Waals surface area (Å²) >= 11 is 0. The van der Waals surface area contributed by atoms with E-state index in [1.807, 2.05) is 0 Å². The number of rotatable bonds is 2. The summed E-state index contributed by atoms with van der Waals surface area (Å²) in [6, 6.07) is 7.16. The number of hydrogen-bond acceptors (Lipinski definition) is 3. The van der Waals surface area contributed by atoms with Crippen LogP contribution in [0.15, 0.2) is 23.1 Å². The maximum absolute atomic E-state index is 11.7. The third-order valence-corrected chi connectivity index (χ3v) is 4.29. The highest BCUT2D eigenvalue weighted by molar-refractivity contribution is 7.90. The quantitative estimate of drug-likeness (QED) is 0.717. The van der Waals surface area contributed by atoms with Crippen molar-refractivity contribution in [3.63, 3.8) is 0 Å². The van der Waals surface area contributed by atoms with E-state index < -0.39 is 17.0 Å². The Kier molecular flexibility index (Phi) is 2.88. The van der Waals surface area contributed by atoms with Gasteiger partial charge in [0.05, 0.1) is 4.90 Å². The van der Waals surface area contributed by atoms with Gasteiger partial charge in [0.1, 0.15) is 7.14 Å². The van der Waals surface area contributed by atoms with Gasteiger partial charge in [0.15, 0.2) is 9.84 Å². The normalized spacial score (nSPS) is 12.8. The average Bonchev–Trinajstić information content (AvgIpc) is 2.01. The van der Waals surface area contributed by atoms with Crippen LogP contribution in [-0.2, 0) is 14.4 Å². The highest BCUT2D eigenvalue weighted by Gasteiger charge is 2.14. The van der Waals surface area contributed by atoms with Gasteiger partial charge in [-0.2, -0.15) is 0 Å². The van der Waals surface area contributed by atoms with E-state index in [9.17, 15) is 13.0 Å². The lowest BCUT2D eigenvalue weighted by Gasteiger charge is -2.07. The first-order valence-corrected chi connectivity index (χ1v) is 8.48. The van der Waals surface area contributed by atoms with E-state index in [0.717, 1.165) is 6.26 Å². The summed E-state index contributed by atoms with van der Waals surface area (Å²) in [6.07, 6.45) is 1.13. The molecule has 0 saturated heterocycles. The van der Waals surface area contributed by atoms with Crippen LogP contribution in [0.3, 0.4) is 0 Å². The standard InChI is InChI=1S/C9H12O3PS/c1-13(2,10)8-5-4-6-9(7-8)14(3,11)12/h4,6-7H,1-3H3. The Morgan fingerprint density at radius 1 is 1.36 bits per heavy atom. The van der Waals surface area contributed by atoms with Crippen molar-refractivity contribution in [3.05, 3.63) is 24.3 Å². The van der Waals surface area contributed by atoms with Crippen molar-refractivity contribution in [2.75, 3.05) is 19.6 Å². The minimum Gasteiger partial charge on any atom is -0.319 e. The molecule has 0 atom stereocenters. The average molecular weight is 231 g/mol. The Balaban J connectivity index is 3.36. The molecule has 1 aromatic carbocycles. The molecule has 0 heterocycles. The predicted octanol–water partition coefficient (Wildman–Crippen LogP) is 1.14. The van der Waals surface area contributed by atoms with Gasteiger partial charge >= 0.3 is 0 Å². The van der Waals surface area contributed by atoms with Crippen molar-refractivity contribution in [1.29, 1.82) is 0 Å². The topological polar surface area (TPSA) is 51.2 Å². The highest BCUT2D eigenvalue weighted by atomic mass is 32.2. The Labute approximate surface area is 84.4 Å². The monoisotopic (exact) mass is 231 g/mol. The summed E-state index contributed by atoms with van der Waals surface area (Å²) in [4.78, 5) is 0.190. The molecule has 0 spiro atoms. The fraction of sp³-hybridized carbons (Fsp3) is 0.333. The Hall–Kier alpha value is -0.600. The third-order valence-electron chi connectivity index (χ3n) is 1.77. The van der Waals surface area contributed by atoms with E-state index in [1.165, 1.54) is 18.2 Å². The lowest BCUT2D eigenvalue weighted by atomic mass is 10.4. The van der Waals surface area contributed by atoms with Gasteiger partial charge in [-0.3, -0.25) is 0 Å². The van der Waals surface area contributed by atoms with E-state index >= 15 is 0 Å². The molecule has 77 valence electrons. The number of benzene rings is 1. The van der Waals surface area contributed by atoms with Gasteiger partial charge in [0.2, 0.25) is 0 Å². The molecule has 0 amide bonds. The van der Waals surface area contributed by atoms with Crippen molar-refractivity contribution in [2.45, 2.75) is 4.90 Å². The Morgan fingerprint density at radius 2 is 1.93 bits per heavy atom. The second-order valence-corrected chi connectivity index (χ2v) is 8.73. The molecule has 1 rings (SSSR count). The largest absolute Gasteiger partial charge is 0.319 e. The molecule has 0 aliphatic heterocycles. The van der Waals surface area contributed by atoms with E-state index in [0.29, 0.717) is 5.30 Å². The van der Waals surface area contributed by atoms with Crippen LogP contribution in [0.4, 0.5) is 0 Å². The Bertz CT molecular complexity index is 485. The predicted molar refractivity (Wildman–Crippen MR) is 57.5 cm³/mol. The molecular weight excluding hydrogens is 219 g/mol. The summed E-state index contributed by atoms with van der Waals surface area (Å²) < 4.78 is 34.1. The summed E-state index contributed by atoms with van der Waals surface area (Å²) in [6.45, 7) is 3.18. The maximum Gasteiger partial charge on any atom is 0.175 e. The van der Waals surface area contributed by atoms with Crippen LogP contribution in [0.1, 0.15) is 0 Å². The number of sulfone groups is 1. The van der Waals surface area contributed by atoms with E-state index in [4.69, 9.17) is 0 Å². The molecule has 0 aliphatic rings. The van der Waals surface area contributed by atoms with Gasteiger partial charge in [0.25, 0.3) is 0 Å². The molecule has 0 aromatic heterocycles. The van der Waals surface area contributed by atoms with Gasteiger partial charge in [-0.1, -0.05) is 6.07 Å². The molecule has 1 aromatic rings. The van der Waals surface area contributed by atoms with Crippen LogP contribution in [0.5, 0.6) is 0 Å². The first-order chi connectivity index (χ1) is 6.21. The maximum atomic E-state index is 11.7. The lowest BCUT2D eigenvalue weighted by molar-refractivity contribution is 0.588. The summed E-state index contributed by atoms with van der Waals surface area (Å²) in [5, 5.41) is 0.473. The molecule has 5 heteroatoms. The fourth-order valence-corrected chi connectivity index (χ4v) is 2.55. The number of hydrogen-bond donors (Lipinski definition) is 0. The molecule has 14 heavy (non-hydrogen) atoms. The van der Waals surface area contributed by atoms with Crippen LogP contribution in [0, 0.1) is 6.07 Å². The molecule has 0 N–H and O–H groups in total. The van der Waals surface area contributed by atoms with Crippen molar-refractivity contribution < 1.29 is 13.0 Å². The van der Waals surface area contributed by atoms with Crippen molar-refractivity contribution in [3.8, 4) is 0 Å². The van der Waals surface area contributed by atoms with Gasteiger partial charge in [-0.25, -0.2) is 8.42 Å². The smallest absolute Gasteiger partial charge is 0.175 e. The SMILES string of the molecule is CP(C)(=O)c1[c]ccc(S(C)(=O)=O)c1. The first kappa shape index (κ1) is 11.5. The molecule has 0 saturated carbocycles. The third kappa shape index (κ3) is 2.69. The van der Waals surface area contributed by atoms with Gasteiger partial charge in [-0.05, 0) is 31.5 Å². The zero-order valence-electron chi connectivity index (χ0n) is 8.31. The van der Waals surface area contributed by atoms with Gasteiger partial charge in [0, 0.05) is 11.6 Å². The Morgan fingerprint density at radius 3 is 2.36 bits per heavy atom. The van der Waals surface area contributed by atoms with Crippen LogP contribution in [0.2, 0.25) is 0 Å². The van der Waals surface area contributed by atoms with E-state index in [-0.39, 0.29) is 4.90 Å². The van der Waals surface area contributed by atoms with Crippen molar-refractivity contribution >= 4 is 22.3 Å². The minimum atomic E-state index is -3.23. The highest BCUT2D eigenvalue weighted by Crippen LogP contribution is 2.34. The minimum absolute atomic E-state index is 0.190. The second kappa shape index (κ2) is 3.52. The van der Waals surface area contributed by atoms with Crippen LogP contribution in [0.25, 0.3) is 0 Å². The summed E-state index contributed by atoms with van der Waals surface area (Å²) in [5.41, 5.74) is 0. The van der Waals surface area contributed by atoms with Crippen LogP contribution < -0.4 is 5.30 Å². The molecule has 1 radical (unpaired) electrons. The van der Waals surface area contributed by atoms with E-state index in [1.54, 1.807) is 13.3 Å². The van der Waals surface area contributed by atoms with Gasteiger partial charge in [-0.15, -0.1) is 0 Å². The van der Waals surface area contributed by atoms with E-state index in [2.05, 4.69) is 6.07 Å². The molecule has 0 aliphatic carbocycles. The second-order valence-electron chi connectivity index (χ2n) is 3.53. The zero-order valence-corrected chi connectivity index (χ0v) is 10.0. The summed E-state index contributed by atoms with van der Waals surface area (Å²) in [5.74, 6) is 0. The molecule has 0 unspecified atom stereocenters. The van der Waals surface area contributed by atoms with Crippen molar-refractivity contribution in [1.82, 2.24) is 0 Å². The zero-order chi connectivity index (χ0) is 11.0. The lowest BCUT2D eigenvalue weighted by Crippen LogP contribution is -2.07.